The number of nitrogens with zero attached hydrogens (tertiary/aromatic N) is 1. The molecule has 6 heteroatoms. The Morgan fingerprint density at radius 1 is 1.08 bits per heavy atom. The number of aromatic nitrogens is 1. The maximum absolute atomic E-state index is 12.1. The van der Waals surface area contributed by atoms with Gasteiger partial charge in [-0.15, -0.1) is 0 Å². The molecular weight excluding hydrogens is 316 g/mol. The Hall–Kier alpha value is -2.60. The summed E-state index contributed by atoms with van der Waals surface area (Å²) in [6.07, 6.45) is 0. The van der Waals surface area contributed by atoms with E-state index in [1.807, 2.05) is 52.2 Å². The van der Waals surface area contributed by atoms with Gasteiger partial charge in [-0.3, -0.25) is 4.79 Å². The summed E-state index contributed by atoms with van der Waals surface area (Å²) in [6, 6.07) is 9.63. The largest absolute Gasteiger partial charge is 0.334 e. The van der Waals surface area contributed by atoms with Gasteiger partial charge in [0.05, 0.1) is 6.54 Å². The number of urea groups is 1. The third-order valence-corrected chi connectivity index (χ3v) is 3.96. The molecule has 134 valence electrons. The first kappa shape index (κ1) is 18.7. The number of carbonyl (C=O) groups excluding carboxylic acids is 1. The zero-order chi connectivity index (χ0) is 18.4. The topological polar surface area (TPSA) is 77.2 Å². The monoisotopic (exact) mass is 342 g/mol. The van der Waals surface area contributed by atoms with Crippen LogP contribution in [0.15, 0.2) is 35.1 Å². The molecule has 0 atom stereocenters. The second kappa shape index (κ2) is 8.48. The molecule has 0 aliphatic rings. The summed E-state index contributed by atoms with van der Waals surface area (Å²) >= 11 is 0. The van der Waals surface area contributed by atoms with Gasteiger partial charge in [0.2, 0.25) is 0 Å². The minimum absolute atomic E-state index is 0.158. The maximum atomic E-state index is 12.1. The van der Waals surface area contributed by atoms with Gasteiger partial charge in [0.25, 0.3) is 5.56 Å². The number of benzene rings is 1. The Balaban J connectivity index is 1.93. The lowest BCUT2D eigenvalue weighted by Crippen LogP contribution is -2.36. The van der Waals surface area contributed by atoms with Crippen molar-refractivity contribution in [3.63, 3.8) is 0 Å². The van der Waals surface area contributed by atoms with Crippen LogP contribution in [0.25, 0.3) is 0 Å². The summed E-state index contributed by atoms with van der Waals surface area (Å²) in [5, 5.41) is 5.60. The molecule has 0 bridgehead atoms. The van der Waals surface area contributed by atoms with Crippen LogP contribution in [0.5, 0.6) is 0 Å². The van der Waals surface area contributed by atoms with Crippen molar-refractivity contribution in [2.24, 2.45) is 0 Å². The van der Waals surface area contributed by atoms with E-state index in [9.17, 15) is 9.59 Å². The number of rotatable bonds is 6. The molecule has 1 heterocycles. The minimum atomic E-state index is -0.293. The highest BCUT2D eigenvalue weighted by Crippen LogP contribution is 2.10. The molecule has 0 radical (unpaired) electrons. The van der Waals surface area contributed by atoms with Crippen LogP contribution in [-0.4, -0.2) is 30.0 Å². The fourth-order valence-corrected chi connectivity index (χ4v) is 2.73. The van der Waals surface area contributed by atoms with Crippen molar-refractivity contribution in [2.45, 2.75) is 33.5 Å². The second-order valence-corrected chi connectivity index (χ2v) is 6.49. The van der Waals surface area contributed by atoms with E-state index in [-0.39, 0.29) is 18.1 Å². The van der Waals surface area contributed by atoms with Crippen molar-refractivity contribution in [1.29, 1.82) is 0 Å². The van der Waals surface area contributed by atoms with Crippen molar-refractivity contribution in [2.75, 3.05) is 14.1 Å². The molecule has 0 unspecified atom stereocenters. The Labute approximate surface area is 148 Å². The molecule has 2 rings (SSSR count). The lowest BCUT2D eigenvalue weighted by molar-refractivity contribution is 0.240. The number of H-pyrrole nitrogens is 1. The molecule has 1 aromatic carbocycles. The third kappa shape index (κ3) is 5.46. The highest BCUT2D eigenvalue weighted by atomic mass is 16.2. The predicted octanol–water partition coefficient (Wildman–Crippen LogP) is 2.05. The number of amides is 2. The minimum Gasteiger partial charge on any atom is -0.334 e. The van der Waals surface area contributed by atoms with Gasteiger partial charge in [0, 0.05) is 24.3 Å². The van der Waals surface area contributed by atoms with Crippen LogP contribution >= 0.6 is 0 Å². The molecule has 0 saturated heterocycles. The van der Waals surface area contributed by atoms with Crippen LogP contribution in [-0.2, 0) is 19.6 Å². The zero-order valence-corrected chi connectivity index (χ0v) is 15.3. The number of hydrogen-bond acceptors (Lipinski definition) is 3. The lowest BCUT2D eigenvalue weighted by Gasteiger charge is -2.15. The first-order chi connectivity index (χ1) is 11.9. The number of pyridine rings is 1. The van der Waals surface area contributed by atoms with Gasteiger partial charge < -0.3 is 20.5 Å². The molecule has 2 amide bonds. The molecule has 0 spiro atoms. The molecule has 0 fully saturated rings. The second-order valence-electron chi connectivity index (χ2n) is 6.49. The summed E-state index contributed by atoms with van der Waals surface area (Å²) in [5.41, 5.74) is 4.36. The van der Waals surface area contributed by atoms with Gasteiger partial charge in [0.1, 0.15) is 0 Å². The van der Waals surface area contributed by atoms with Crippen LogP contribution in [0.1, 0.15) is 27.9 Å². The van der Waals surface area contributed by atoms with Gasteiger partial charge in [-0.25, -0.2) is 4.79 Å². The van der Waals surface area contributed by atoms with Crippen molar-refractivity contribution < 1.29 is 4.79 Å². The number of nitrogens with one attached hydrogen (secondary N) is 3. The predicted molar refractivity (Wildman–Crippen MR) is 99.4 cm³/mol. The highest BCUT2D eigenvalue weighted by molar-refractivity contribution is 5.73. The van der Waals surface area contributed by atoms with Gasteiger partial charge in [-0.2, -0.15) is 0 Å². The van der Waals surface area contributed by atoms with Gasteiger partial charge in [0.15, 0.2) is 0 Å². The van der Waals surface area contributed by atoms with Gasteiger partial charge >= 0.3 is 6.03 Å². The maximum Gasteiger partial charge on any atom is 0.315 e. The molecule has 6 nitrogen and oxygen atoms in total. The Morgan fingerprint density at radius 2 is 1.72 bits per heavy atom. The molecule has 25 heavy (non-hydrogen) atoms. The number of hydrogen-bond donors (Lipinski definition) is 3. The van der Waals surface area contributed by atoms with Crippen LogP contribution in [0.2, 0.25) is 0 Å². The van der Waals surface area contributed by atoms with Crippen LogP contribution in [0.4, 0.5) is 4.79 Å². The van der Waals surface area contributed by atoms with Gasteiger partial charge in [-0.1, -0.05) is 24.3 Å². The average molecular weight is 342 g/mol. The van der Waals surface area contributed by atoms with E-state index in [0.29, 0.717) is 12.1 Å². The third-order valence-electron chi connectivity index (χ3n) is 3.96. The van der Waals surface area contributed by atoms with Crippen molar-refractivity contribution >= 4 is 6.03 Å². The fraction of sp³-hybridized carbons (Fsp3) is 0.368. The summed E-state index contributed by atoms with van der Waals surface area (Å²) in [4.78, 5) is 28.9. The summed E-state index contributed by atoms with van der Waals surface area (Å²) < 4.78 is 0. The summed E-state index contributed by atoms with van der Waals surface area (Å²) in [7, 11) is 4.02. The van der Waals surface area contributed by atoms with Crippen molar-refractivity contribution in [3.05, 3.63) is 68.6 Å². The first-order valence-electron chi connectivity index (χ1n) is 8.29. The van der Waals surface area contributed by atoms with E-state index in [4.69, 9.17) is 0 Å². The van der Waals surface area contributed by atoms with Gasteiger partial charge in [-0.05, 0) is 50.7 Å². The van der Waals surface area contributed by atoms with Crippen LogP contribution < -0.4 is 16.2 Å². The molecule has 0 saturated carbocycles. The smallest absolute Gasteiger partial charge is 0.315 e. The number of aryl methyl sites for hydroxylation is 2. The molecule has 0 aliphatic carbocycles. The summed E-state index contributed by atoms with van der Waals surface area (Å²) in [5.74, 6) is 0. The zero-order valence-electron chi connectivity index (χ0n) is 15.3. The van der Waals surface area contributed by atoms with Crippen LogP contribution in [0.3, 0.4) is 0 Å². The van der Waals surface area contributed by atoms with Crippen LogP contribution in [0, 0.1) is 13.8 Å². The Kier molecular flexibility index (Phi) is 6.36. The molecular formula is C19H26N4O2. The molecule has 1 aromatic heterocycles. The molecule has 2 aromatic rings. The van der Waals surface area contributed by atoms with E-state index in [2.05, 4.69) is 26.6 Å². The normalized spacial score (nSPS) is 10.8. The Morgan fingerprint density at radius 3 is 2.36 bits per heavy atom. The van der Waals surface area contributed by atoms with E-state index in [1.165, 1.54) is 5.56 Å². The molecule has 3 N–H and O–H groups in total. The Bertz CT molecular complexity index is 796. The van der Waals surface area contributed by atoms with Crippen molar-refractivity contribution in [3.8, 4) is 0 Å². The average Bonchev–Trinajstić information content (AvgIpc) is 2.52. The lowest BCUT2D eigenvalue weighted by atomic mass is 10.1. The highest BCUT2D eigenvalue weighted by Gasteiger charge is 2.08. The standard InChI is InChI=1S/C19H26N4O2/c1-13-9-14(2)22-18(24)17(13)11-21-19(25)20-10-15-7-5-6-8-16(15)12-23(3)4/h5-9H,10-12H2,1-4H3,(H,22,24)(H2,20,21,25). The summed E-state index contributed by atoms with van der Waals surface area (Å²) in [6.45, 7) is 5.17. The van der Waals surface area contributed by atoms with E-state index in [0.717, 1.165) is 23.4 Å². The number of aromatic amines is 1. The molecule has 0 aliphatic heterocycles. The van der Waals surface area contributed by atoms with E-state index in [1.54, 1.807) is 0 Å². The van der Waals surface area contributed by atoms with Crippen molar-refractivity contribution in [1.82, 2.24) is 20.5 Å². The quantitative estimate of drug-likeness (QED) is 0.752. The first-order valence-corrected chi connectivity index (χ1v) is 8.29. The van der Waals surface area contributed by atoms with E-state index >= 15 is 0 Å². The fourth-order valence-electron chi connectivity index (χ4n) is 2.73. The van der Waals surface area contributed by atoms with E-state index < -0.39 is 0 Å². The SMILES string of the molecule is Cc1cc(C)c(CNC(=O)NCc2ccccc2CN(C)C)c(=O)[nH]1. The number of carbonyl (C=O) groups is 1.